The molecule has 2 heterocycles. The van der Waals surface area contributed by atoms with Gasteiger partial charge in [-0.3, -0.25) is 10.1 Å². The van der Waals surface area contributed by atoms with Gasteiger partial charge >= 0.3 is 0 Å². The lowest BCUT2D eigenvalue weighted by Crippen LogP contribution is -2.40. The Morgan fingerprint density at radius 1 is 1.14 bits per heavy atom. The van der Waals surface area contributed by atoms with Gasteiger partial charge < -0.3 is 18.9 Å². The maximum absolute atomic E-state index is 12.9. The molecule has 0 saturated carbocycles. The fourth-order valence-corrected chi connectivity index (χ4v) is 3.52. The number of fused-ring (bicyclic) bond motifs is 2. The molecule has 2 aromatic carbocycles. The number of amides is 1. The number of aromatic nitrogens is 2. The number of ether oxygens (including phenoxy) is 2. The lowest BCUT2D eigenvalue weighted by Gasteiger charge is -2.25. The number of imidazole rings is 1. The van der Waals surface area contributed by atoms with Gasteiger partial charge in [0.1, 0.15) is 6.61 Å². The Kier molecular flexibility index (Phi) is 5.67. The number of rotatable bonds is 7. The largest absolute Gasteiger partial charge is 0.485 e. The molecule has 0 radical (unpaired) electrons. The molecule has 0 bridgehead atoms. The Hall–Kier alpha value is -3.06. The van der Waals surface area contributed by atoms with Gasteiger partial charge in [-0.1, -0.05) is 38.1 Å². The first-order valence-corrected chi connectivity index (χ1v) is 10.1. The van der Waals surface area contributed by atoms with Crippen molar-refractivity contribution in [2.24, 2.45) is 0 Å². The first-order valence-electron chi connectivity index (χ1n) is 10.1. The van der Waals surface area contributed by atoms with Crippen molar-refractivity contribution >= 4 is 22.9 Å². The number of hydrogen-bond donors (Lipinski definition) is 1. The van der Waals surface area contributed by atoms with Crippen molar-refractivity contribution in [1.82, 2.24) is 14.5 Å². The van der Waals surface area contributed by atoms with Crippen LogP contribution in [0.2, 0.25) is 0 Å². The lowest BCUT2D eigenvalue weighted by atomic mass is 10.2. The van der Waals surface area contributed by atoms with E-state index in [1.54, 1.807) is 6.07 Å². The van der Waals surface area contributed by atoms with Crippen molar-refractivity contribution in [3.8, 4) is 11.5 Å². The predicted octanol–water partition coefficient (Wildman–Crippen LogP) is 3.16. The minimum atomic E-state index is -0.721. The van der Waals surface area contributed by atoms with Gasteiger partial charge in [0.25, 0.3) is 5.91 Å². The van der Waals surface area contributed by atoms with Gasteiger partial charge in [-0.2, -0.15) is 0 Å². The molecule has 0 fully saturated rings. The van der Waals surface area contributed by atoms with E-state index >= 15 is 0 Å². The molecule has 0 aliphatic carbocycles. The third kappa shape index (κ3) is 4.05. The maximum Gasteiger partial charge on any atom is 0.271 e. The van der Waals surface area contributed by atoms with Crippen LogP contribution in [0.4, 0.5) is 5.95 Å². The summed E-state index contributed by atoms with van der Waals surface area (Å²) < 4.78 is 13.6. The molecule has 1 N–H and O–H groups in total. The molecule has 1 amide bonds. The molecule has 7 nitrogen and oxygen atoms in total. The van der Waals surface area contributed by atoms with Gasteiger partial charge in [0.2, 0.25) is 12.1 Å². The fraction of sp³-hybridized carbons (Fsp3) is 0.364. The van der Waals surface area contributed by atoms with E-state index in [9.17, 15) is 4.79 Å². The molecule has 1 aliphatic heterocycles. The maximum atomic E-state index is 12.9. The number of carbonyl (C=O) groups excluding carboxylic acids is 1. The Labute approximate surface area is 170 Å². The number of likely N-dealkylation sites (N-methyl/N-ethyl adjacent to an activating group) is 1. The standard InChI is InChI=1S/C22H26N4O3/c1-3-25(4-2)13-14-26-17-10-6-5-9-16(17)23-22(26)24-21(27)20-15-28-18-11-7-8-12-19(18)29-20/h5-12,20H,3-4,13-15H2,1-2H3,(H,23,24,27). The topological polar surface area (TPSA) is 68.6 Å². The number of hydrogen-bond acceptors (Lipinski definition) is 5. The smallest absolute Gasteiger partial charge is 0.271 e. The first kappa shape index (κ1) is 19.3. The highest BCUT2D eigenvalue weighted by molar-refractivity contribution is 5.95. The summed E-state index contributed by atoms with van der Waals surface area (Å²) in [7, 11) is 0. The highest BCUT2D eigenvalue weighted by Crippen LogP contribution is 2.31. The van der Waals surface area contributed by atoms with Gasteiger partial charge in [-0.05, 0) is 37.4 Å². The van der Waals surface area contributed by atoms with Crippen LogP contribution in [-0.4, -0.2) is 52.7 Å². The van der Waals surface area contributed by atoms with Crippen molar-refractivity contribution in [3.63, 3.8) is 0 Å². The second-order valence-corrected chi connectivity index (χ2v) is 6.96. The zero-order valence-electron chi connectivity index (χ0n) is 16.8. The quantitative estimate of drug-likeness (QED) is 0.667. The number of anilines is 1. The van der Waals surface area contributed by atoms with Crippen LogP contribution in [0, 0.1) is 0 Å². The van der Waals surface area contributed by atoms with Crippen LogP contribution < -0.4 is 14.8 Å². The van der Waals surface area contributed by atoms with Gasteiger partial charge in [-0.25, -0.2) is 4.98 Å². The Bertz CT molecular complexity index is 997. The highest BCUT2D eigenvalue weighted by atomic mass is 16.6. The van der Waals surface area contributed by atoms with E-state index in [1.165, 1.54) is 0 Å². The molecule has 1 aliphatic rings. The van der Waals surface area contributed by atoms with Crippen molar-refractivity contribution in [2.45, 2.75) is 26.5 Å². The number of carbonyl (C=O) groups is 1. The molecule has 7 heteroatoms. The number of para-hydroxylation sites is 4. The molecule has 1 aromatic heterocycles. The van der Waals surface area contributed by atoms with Crippen LogP contribution in [0.1, 0.15) is 13.8 Å². The fourth-order valence-electron chi connectivity index (χ4n) is 3.52. The predicted molar refractivity (Wildman–Crippen MR) is 113 cm³/mol. The first-order chi connectivity index (χ1) is 14.2. The van der Waals surface area contributed by atoms with E-state index in [4.69, 9.17) is 9.47 Å². The number of benzene rings is 2. The molecule has 29 heavy (non-hydrogen) atoms. The van der Waals surface area contributed by atoms with Crippen molar-refractivity contribution in [3.05, 3.63) is 48.5 Å². The second kappa shape index (κ2) is 8.53. The van der Waals surface area contributed by atoms with E-state index < -0.39 is 6.10 Å². The summed E-state index contributed by atoms with van der Waals surface area (Å²) in [6, 6.07) is 15.3. The third-order valence-corrected chi connectivity index (χ3v) is 5.22. The summed E-state index contributed by atoms with van der Waals surface area (Å²) >= 11 is 0. The van der Waals surface area contributed by atoms with Gasteiger partial charge in [0, 0.05) is 13.1 Å². The average molecular weight is 394 g/mol. The Balaban J connectivity index is 1.54. The van der Waals surface area contributed by atoms with Gasteiger partial charge in [-0.15, -0.1) is 0 Å². The zero-order valence-corrected chi connectivity index (χ0v) is 16.8. The molecular formula is C22H26N4O3. The molecule has 1 unspecified atom stereocenters. The van der Waals surface area contributed by atoms with Crippen LogP contribution in [-0.2, 0) is 11.3 Å². The summed E-state index contributed by atoms with van der Waals surface area (Å²) in [6.45, 7) is 8.06. The van der Waals surface area contributed by atoms with Crippen LogP contribution in [0.5, 0.6) is 11.5 Å². The van der Waals surface area contributed by atoms with Crippen LogP contribution in [0.3, 0.4) is 0 Å². The van der Waals surface area contributed by atoms with Crippen molar-refractivity contribution in [1.29, 1.82) is 0 Å². The Morgan fingerprint density at radius 3 is 2.66 bits per heavy atom. The Morgan fingerprint density at radius 2 is 1.86 bits per heavy atom. The monoisotopic (exact) mass is 394 g/mol. The van der Waals surface area contributed by atoms with E-state index in [0.29, 0.717) is 17.4 Å². The van der Waals surface area contributed by atoms with E-state index in [2.05, 4.69) is 33.6 Å². The minimum absolute atomic E-state index is 0.169. The van der Waals surface area contributed by atoms with E-state index in [0.717, 1.165) is 37.2 Å². The van der Waals surface area contributed by atoms with E-state index in [1.807, 2.05) is 42.5 Å². The van der Waals surface area contributed by atoms with Crippen molar-refractivity contribution in [2.75, 3.05) is 31.6 Å². The number of nitrogens with zero attached hydrogens (tertiary/aromatic N) is 3. The molecule has 152 valence electrons. The summed E-state index contributed by atoms with van der Waals surface area (Å²) in [6.07, 6.45) is -0.721. The van der Waals surface area contributed by atoms with Crippen LogP contribution in [0.25, 0.3) is 11.0 Å². The number of nitrogens with one attached hydrogen (secondary N) is 1. The molecule has 3 aromatic rings. The molecule has 0 saturated heterocycles. The molecule has 4 rings (SSSR count). The van der Waals surface area contributed by atoms with Crippen LogP contribution >= 0.6 is 0 Å². The van der Waals surface area contributed by atoms with E-state index in [-0.39, 0.29) is 12.5 Å². The zero-order chi connectivity index (χ0) is 20.2. The SMILES string of the molecule is CCN(CC)CCn1c(NC(=O)C2COc3ccccc3O2)nc2ccccc21. The molecule has 0 spiro atoms. The third-order valence-electron chi connectivity index (χ3n) is 5.22. The van der Waals surface area contributed by atoms with Crippen LogP contribution in [0.15, 0.2) is 48.5 Å². The second-order valence-electron chi connectivity index (χ2n) is 6.96. The minimum Gasteiger partial charge on any atom is -0.485 e. The highest BCUT2D eigenvalue weighted by Gasteiger charge is 2.28. The summed E-state index contributed by atoms with van der Waals surface area (Å²) in [5, 5.41) is 2.95. The van der Waals surface area contributed by atoms with Crippen molar-refractivity contribution < 1.29 is 14.3 Å². The summed E-state index contributed by atoms with van der Waals surface area (Å²) in [4.78, 5) is 19.9. The lowest BCUT2D eigenvalue weighted by molar-refractivity contribution is -0.125. The normalized spacial score (nSPS) is 15.6. The average Bonchev–Trinajstić information content (AvgIpc) is 3.11. The summed E-state index contributed by atoms with van der Waals surface area (Å²) in [5.41, 5.74) is 1.86. The molecular weight excluding hydrogens is 368 g/mol. The molecule has 1 atom stereocenters. The van der Waals surface area contributed by atoms with Gasteiger partial charge in [0.15, 0.2) is 11.5 Å². The summed E-state index contributed by atoms with van der Waals surface area (Å²) in [5.74, 6) is 1.50. The van der Waals surface area contributed by atoms with Gasteiger partial charge in [0.05, 0.1) is 11.0 Å².